The van der Waals surface area contributed by atoms with Crippen molar-refractivity contribution in [1.29, 1.82) is 0 Å². The summed E-state index contributed by atoms with van der Waals surface area (Å²) in [5.74, 6) is -0.0138. The van der Waals surface area contributed by atoms with Gasteiger partial charge in [0.05, 0.1) is 10.9 Å². The molecule has 5 nitrogen and oxygen atoms in total. The molecule has 0 unspecified atom stereocenters. The number of sulfonamides is 1. The summed E-state index contributed by atoms with van der Waals surface area (Å²) in [4.78, 5) is 12.5. The third-order valence-electron chi connectivity index (χ3n) is 4.94. The van der Waals surface area contributed by atoms with Gasteiger partial charge in [-0.2, -0.15) is 4.31 Å². The SMILES string of the molecule is C[C@H](NC(=O)CCc1ccc(S(=O)(=O)N2CCCC2)cc1)c1ccccc1. The van der Waals surface area contributed by atoms with Crippen LogP contribution < -0.4 is 5.32 Å². The molecule has 1 amide bonds. The van der Waals surface area contributed by atoms with Crippen LogP contribution in [-0.2, 0) is 21.2 Å². The lowest BCUT2D eigenvalue weighted by Crippen LogP contribution is -2.27. The van der Waals surface area contributed by atoms with Crippen molar-refractivity contribution in [1.82, 2.24) is 9.62 Å². The molecule has 1 N–H and O–H groups in total. The Kier molecular flexibility index (Phi) is 6.29. The van der Waals surface area contributed by atoms with Crippen LogP contribution in [0.15, 0.2) is 59.5 Å². The highest BCUT2D eigenvalue weighted by Gasteiger charge is 2.26. The molecule has 0 aliphatic carbocycles. The molecule has 0 aromatic heterocycles. The van der Waals surface area contributed by atoms with E-state index in [0.29, 0.717) is 30.8 Å². The molecule has 2 aromatic rings. The van der Waals surface area contributed by atoms with E-state index >= 15 is 0 Å². The average molecular weight is 387 g/mol. The van der Waals surface area contributed by atoms with E-state index in [4.69, 9.17) is 0 Å². The molecule has 0 radical (unpaired) electrons. The maximum absolute atomic E-state index is 12.5. The highest BCUT2D eigenvalue weighted by molar-refractivity contribution is 7.89. The number of nitrogens with one attached hydrogen (secondary N) is 1. The number of carbonyl (C=O) groups excluding carboxylic acids is 1. The zero-order valence-corrected chi connectivity index (χ0v) is 16.4. The fourth-order valence-electron chi connectivity index (χ4n) is 3.30. The minimum absolute atomic E-state index is 0.0138. The van der Waals surface area contributed by atoms with Crippen LogP contribution in [0.4, 0.5) is 0 Å². The number of rotatable bonds is 7. The fraction of sp³-hybridized carbons (Fsp3) is 0.381. The van der Waals surface area contributed by atoms with Crippen LogP contribution in [0.25, 0.3) is 0 Å². The molecule has 0 saturated carbocycles. The van der Waals surface area contributed by atoms with Gasteiger partial charge in [0.15, 0.2) is 0 Å². The van der Waals surface area contributed by atoms with Gasteiger partial charge in [-0.3, -0.25) is 4.79 Å². The summed E-state index contributed by atoms with van der Waals surface area (Å²) in [6, 6.07) is 16.7. The fourth-order valence-corrected chi connectivity index (χ4v) is 4.82. The van der Waals surface area contributed by atoms with Gasteiger partial charge in [-0.1, -0.05) is 42.5 Å². The van der Waals surface area contributed by atoms with Gasteiger partial charge in [-0.05, 0) is 49.4 Å². The first-order valence-electron chi connectivity index (χ1n) is 9.40. The van der Waals surface area contributed by atoms with Crippen molar-refractivity contribution in [3.63, 3.8) is 0 Å². The lowest BCUT2D eigenvalue weighted by Gasteiger charge is -2.16. The predicted octanol–water partition coefficient (Wildman–Crippen LogP) is 3.28. The number of carbonyl (C=O) groups is 1. The predicted molar refractivity (Wildman–Crippen MR) is 106 cm³/mol. The number of nitrogens with zero attached hydrogens (tertiary/aromatic N) is 1. The quantitative estimate of drug-likeness (QED) is 0.794. The summed E-state index contributed by atoms with van der Waals surface area (Å²) in [7, 11) is -3.38. The monoisotopic (exact) mass is 386 g/mol. The normalized spacial score (nSPS) is 16.2. The van der Waals surface area contributed by atoms with Crippen molar-refractivity contribution in [2.75, 3.05) is 13.1 Å². The van der Waals surface area contributed by atoms with E-state index in [0.717, 1.165) is 24.0 Å². The molecule has 1 saturated heterocycles. The van der Waals surface area contributed by atoms with Gasteiger partial charge in [0.1, 0.15) is 0 Å². The highest BCUT2D eigenvalue weighted by atomic mass is 32.2. The third kappa shape index (κ3) is 4.96. The van der Waals surface area contributed by atoms with E-state index < -0.39 is 10.0 Å². The Hall–Kier alpha value is -2.18. The summed E-state index contributed by atoms with van der Waals surface area (Å²) in [5, 5.41) is 3.00. The van der Waals surface area contributed by atoms with Crippen LogP contribution in [0.5, 0.6) is 0 Å². The lowest BCUT2D eigenvalue weighted by atomic mass is 10.1. The number of hydrogen-bond acceptors (Lipinski definition) is 3. The summed E-state index contributed by atoms with van der Waals surface area (Å²) in [6.45, 7) is 3.17. The Labute approximate surface area is 161 Å². The van der Waals surface area contributed by atoms with E-state index in [-0.39, 0.29) is 11.9 Å². The molecule has 3 rings (SSSR count). The van der Waals surface area contributed by atoms with E-state index in [9.17, 15) is 13.2 Å². The van der Waals surface area contributed by atoms with Crippen molar-refractivity contribution in [3.05, 3.63) is 65.7 Å². The molecular formula is C21H26N2O3S. The van der Waals surface area contributed by atoms with Gasteiger partial charge in [-0.15, -0.1) is 0 Å². The molecule has 6 heteroatoms. The summed E-state index contributed by atoms with van der Waals surface area (Å²) in [5.41, 5.74) is 2.03. The molecule has 0 spiro atoms. The van der Waals surface area contributed by atoms with Crippen molar-refractivity contribution >= 4 is 15.9 Å². The zero-order valence-electron chi connectivity index (χ0n) is 15.6. The molecule has 2 aromatic carbocycles. The van der Waals surface area contributed by atoms with Crippen LogP contribution in [-0.4, -0.2) is 31.7 Å². The molecule has 1 fully saturated rings. The second kappa shape index (κ2) is 8.67. The molecule has 1 heterocycles. The van der Waals surface area contributed by atoms with Crippen LogP contribution >= 0.6 is 0 Å². The Morgan fingerprint density at radius 1 is 1.04 bits per heavy atom. The molecule has 144 valence electrons. The molecule has 1 aliphatic heterocycles. The zero-order chi connectivity index (χ0) is 19.3. The third-order valence-corrected chi connectivity index (χ3v) is 6.86. The molecular weight excluding hydrogens is 360 g/mol. The summed E-state index contributed by atoms with van der Waals surface area (Å²) < 4.78 is 26.6. The van der Waals surface area contributed by atoms with Crippen molar-refractivity contribution in [2.24, 2.45) is 0 Å². The smallest absolute Gasteiger partial charge is 0.243 e. The number of aryl methyl sites for hydroxylation is 1. The highest BCUT2D eigenvalue weighted by Crippen LogP contribution is 2.21. The van der Waals surface area contributed by atoms with Crippen LogP contribution in [0.1, 0.15) is 43.4 Å². The first-order chi connectivity index (χ1) is 13.0. The first-order valence-corrected chi connectivity index (χ1v) is 10.8. The Morgan fingerprint density at radius 2 is 1.67 bits per heavy atom. The van der Waals surface area contributed by atoms with Gasteiger partial charge in [0.2, 0.25) is 15.9 Å². The minimum atomic E-state index is -3.38. The Morgan fingerprint density at radius 3 is 2.30 bits per heavy atom. The van der Waals surface area contributed by atoms with Crippen LogP contribution in [0.2, 0.25) is 0 Å². The van der Waals surface area contributed by atoms with E-state index in [1.165, 1.54) is 0 Å². The number of hydrogen-bond donors (Lipinski definition) is 1. The van der Waals surface area contributed by atoms with Crippen molar-refractivity contribution in [2.45, 2.75) is 43.5 Å². The van der Waals surface area contributed by atoms with Gasteiger partial charge in [0, 0.05) is 19.5 Å². The molecule has 1 atom stereocenters. The maximum Gasteiger partial charge on any atom is 0.243 e. The molecule has 27 heavy (non-hydrogen) atoms. The number of amides is 1. The summed E-state index contributed by atoms with van der Waals surface area (Å²) >= 11 is 0. The van der Waals surface area contributed by atoms with Crippen LogP contribution in [0.3, 0.4) is 0 Å². The molecule has 1 aliphatic rings. The minimum Gasteiger partial charge on any atom is -0.350 e. The van der Waals surface area contributed by atoms with Gasteiger partial charge in [0.25, 0.3) is 0 Å². The van der Waals surface area contributed by atoms with Gasteiger partial charge >= 0.3 is 0 Å². The summed E-state index contributed by atoms with van der Waals surface area (Å²) in [6.07, 6.45) is 2.80. The average Bonchev–Trinajstić information content (AvgIpc) is 3.23. The maximum atomic E-state index is 12.5. The second-order valence-corrected chi connectivity index (χ2v) is 8.89. The topological polar surface area (TPSA) is 66.5 Å². The Balaban J connectivity index is 1.53. The Bertz CT molecular complexity index is 858. The van der Waals surface area contributed by atoms with Gasteiger partial charge < -0.3 is 5.32 Å². The van der Waals surface area contributed by atoms with E-state index in [2.05, 4.69) is 5.32 Å². The largest absolute Gasteiger partial charge is 0.350 e. The second-order valence-electron chi connectivity index (χ2n) is 6.96. The first kappa shape index (κ1) is 19.6. The van der Waals surface area contributed by atoms with E-state index in [1.807, 2.05) is 37.3 Å². The molecule has 0 bridgehead atoms. The van der Waals surface area contributed by atoms with Gasteiger partial charge in [-0.25, -0.2) is 8.42 Å². The lowest BCUT2D eigenvalue weighted by molar-refractivity contribution is -0.121. The van der Waals surface area contributed by atoms with Crippen molar-refractivity contribution in [3.8, 4) is 0 Å². The van der Waals surface area contributed by atoms with Crippen LogP contribution in [0, 0.1) is 0 Å². The number of benzene rings is 2. The van der Waals surface area contributed by atoms with E-state index in [1.54, 1.807) is 28.6 Å². The van der Waals surface area contributed by atoms with Crippen molar-refractivity contribution < 1.29 is 13.2 Å². The standard InChI is InChI=1S/C21H26N2O3S/c1-17(19-7-3-2-4-8-19)22-21(24)14-11-18-9-12-20(13-10-18)27(25,26)23-15-5-6-16-23/h2-4,7-10,12-13,17H,5-6,11,14-16H2,1H3,(H,22,24)/t17-/m0/s1.